The van der Waals surface area contributed by atoms with Gasteiger partial charge in [0.15, 0.2) is 0 Å². The Balaban J connectivity index is 1.60. The highest BCUT2D eigenvalue weighted by molar-refractivity contribution is 7.12. The lowest BCUT2D eigenvalue weighted by atomic mass is 10.3. The standard InChI is InChI=1S/C14H17NO3S/c15-9-11-8-13(19-10-11)14(16)18-7-3-6-17-12-4-1-2-5-12/h8,10,12H,1-7H2. The highest BCUT2D eigenvalue weighted by atomic mass is 32.1. The van der Waals surface area contributed by atoms with Crippen LogP contribution in [0.3, 0.4) is 0 Å². The van der Waals surface area contributed by atoms with Gasteiger partial charge in [0.25, 0.3) is 0 Å². The molecule has 0 radical (unpaired) electrons. The van der Waals surface area contributed by atoms with Gasteiger partial charge >= 0.3 is 5.97 Å². The first-order valence-electron chi connectivity index (χ1n) is 6.57. The number of hydrogen-bond acceptors (Lipinski definition) is 5. The van der Waals surface area contributed by atoms with Crippen LogP contribution in [0.25, 0.3) is 0 Å². The fourth-order valence-corrected chi connectivity index (χ4v) is 2.83. The minimum absolute atomic E-state index is 0.354. The Morgan fingerprint density at radius 2 is 2.21 bits per heavy atom. The molecule has 0 saturated heterocycles. The van der Waals surface area contributed by atoms with Gasteiger partial charge in [-0.2, -0.15) is 5.26 Å². The average Bonchev–Trinajstić information content (AvgIpc) is 3.09. The van der Waals surface area contributed by atoms with E-state index in [0.717, 1.165) is 19.3 Å². The maximum Gasteiger partial charge on any atom is 0.348 e. The summed E-state index contributed by atoms with van der Waals surface area (Å²) in [5, 5.41) is 10.3. The van der Waals surface area contributed by atoms with Gasteiger partial charge in [0.1, 0.15) is 10.9 Å². The molecule has 19 heavy (non-hydrogen) atoms. The minimum Gasteiger partial charge on any atom is -0.461 e. The minimum atomic E-state index is -0.354. The molecular formula is C14H17NO3S. The van der Waals surface area contributed by atoms with Crippen molar-refractivity contribution in [1.82, 2.24) is 0 Å². The van der Waals surface area contributed by atoms with Crippen LogP contribution >= 0.6 is 11.3 Å². The Hall–Kier alpha value is -1.38. The molecule has 1 aliphatic carbocycles. The Morgan fingerprint density at radius 1 is 1.42 bits per heavy atom. The molecule has 1 saturated carbocycles. The quantitative estimate of drug-likeness (QED) is 0.593. The van der Waals surface area contributed by atoms with Crippen LogP contribution in [-0.2, 0) is 9.47 Å². The molecule has 0 amide bonds. The number of nitriles is 1. The number of carbonyl (C=O) groups excluding carboxylic acids is 1. The van der Waals surface area contributed by atoms with Gasteiger partial charge in [-0.05, 0) is 18.9 Å². The lowest BCUT2D eigenvalue weighted by Crippen LogP contribution is -2.11. The van der Waals surface area contributed by atoms with Crippen molar-refractivity contribution in [1.29, 1.82) is 5.26 Å². The number of thiophene rings is 1. The van der Waals surface area contributed by atoms with Gasteiger partial charge in [-0.15, -0.1) is 11.3 Å². The molecule has 1 aromatic heterocycles. The summed E-state index contributed by atoms with van der Waals surface area (Å²) in [7, 11) is 0. The van der Waals surface area contributed by atoms with Gasteiger partial charge in [-0.25, -0.2) is 4.79 Å². The molecule has 1 aliphatic rings. The average molecular weight is 279 g/mol. The molecule has 0 N–H and O–H groups in total. The smallest absolute Gasteiger partial charge is 0.348 e. The summed E-state index contributed by atoms with van der Waals surface area (Å²) >= 11 is 1.24. The summed E-state index contributed by atoms with van der Waals surface area (Å²) in [6, 6.07) is 3.55. The summed E-state index contributed by atoms with van der Waals surface area (Å²) in [4.78, 5) is 12.1. The monoisotopic (exact) mass is 279 g/mol. The lowest BCUT2D eigenvalue weighted by Gasteiger charge is -2.10. The second-order valence-corrected chi connectivity index (χ2v) is 5.49. The molecule has 1 fully saturated rings. The van der Waals surface area contributed by atoms with Gasteiger partial charge in [0.05, 0.1) is 24.9 Å². The van der Waals surface area contributed by atoms with E-state index in [0.29, 0.717) is 29.8 Å². The molecule has 0 bridgehead atoms. The van der Waals surface area contributed by atoms with Crippen LogP contribution in [0.5, 0.6) is 0 Å². The second-order valence-electron chi connectivity index (χ2n) is 4.58. The number of ether oxygens (including phenoxy) is 2. The predicted octanol–water partition coefficient (Wildman–Crippen LogP) is 3.13. The maximum atomic E-state index is 11.6. The van der Waals surface area contributed by atoms with Crippen molar-refractivity contribution < 1.29 is 14.3 Å². The topological polar surface area (TPSA) is 59.3 Å². The molecule has 0 aromatic carbocycles. The van der Waals surface area contributed by atoms with E-state index in [1.54, 1.807) is 11.4 Å². The first-order chi connectivity index (χ1) is 9.29. The van der Waals surface area contributed by atoms with Crippen molar-refractivity contribution in [3.05, 3.63) is 21.9 Å². The van der Waals surface area contributed by atoms with Crippen molar-refractivity contribution >= 4 is 17.3 Å². The van der Waals surface area contributed by atoms with E-state index in [2.05, 4.69) is 0 Å². The van der Waals surface area contributed by atoms with E-state index in [4.69, 9.17) is 14.7 Å². The Bertz CT molecular complexity index is 458. The Kier molecular flexibility index (Phi) is 5.37. The summed E-state index contributed by atoms with van der Waals surface area (Å²) in [5.74, 6) is -0.354. The summed E-state index contributed by atoms with van der Waals surface area (Å²) in [5.41, 5.74) is 0.501. The number of carbonyl (C=O) groups is 1. The van der Waals surface area contributed by atoms with Crippen molar-refractivity contribution in [2.24, 2.45) is 0 Å². The SMILES string of the molecule is N#Cc1csc(C(=O)OCCCOC2CCCC2)c1. The summed E-state index contributed by atoms with van der Waals surface area (Å²) in [6.45, 7) is 1.01. The van der Waals surface area contributed by atoms with E-state index in [9.17, 15) is 4.79 Å². The highest BCUT2D eigenvalue weighted by Gasteiger charge is 2.15. The van der Waals surface area contributed by atoms with Gasteiger partial charge in [0, 0.05) is 11.8 Å². The lowest BCUT2D eigenvalue weighted by molar-refractivity contribution is 0.0315. The van der Waals surface area contributed by atoms with E-state index in [-0.39, 0.29) is 5.97 Å². The number of rotatable bonds is 6. The van der Waals surface area contributed by atoms with Crippen molar-refractivity contribution in [3.8, 4) is 6.07 Å². The first kappa shape index (κ1) is 14.0. The van der Waals surface area contributed by atoms with Gasteiger partial charge in [0.2, 0.25) is 0 Å². The molecule has 1 heterocycles. The van der Waals surface area contributed by atoms with Crippen LogP contribution in [0.15, 0.2) is 11.4 Å². The third-order valence-electron chi connectivity index (χ3n) is 3.11. The third kappa shape index (κ3) is 4.34. The van der Waals surface area contributed by atoms with Crippen LogP contribution in [0.1, 0.15) is 47.3 Å². The van der Waals surface area contributed by atoms with Crippen molar-refractivity contribution in [2.45, 2.75) is 38.2 Å². The van der Waals surface area contributed by atoms with Crippen LogP contribution in [-0.4, -0.2) is 25.3 Å². The number of esters is 1. The second kappa shape index (κ2) is 7.27. The Labute approximate surface area is 116 Å². The first-order valence-corrected chi connectivity index (χ1v) is 7.45. The zero-order valence-corrected chi connectivity index (χ0v) is 11.6. The van der Waals surface area contributed by atoms with E-state index in [1.165, 1.54) is 24.2 Å². The third-order valence-corrected chi connectivity index (χ3v) is 4.02. The number of nitrogens with zero attached hydrogens (tertiary/aromatic N) is 1. The molecule has 4 nitrogen and oxygen atoms in total. The number of hydrogen-bond donors (Lipinski definition) is 0. The van der Waals surface area contributed by atoms with Gasteiger partial charge in [-0.3, -0.25) is 0 Å². The van der Waals surface area contributed by atoms with Crippen LogP contribution in [0.2, 0.25) is 0 Å². The largest absolute Gasteiger partial charge is 0.461 e. The van der Waals surface area contributed by atoms with Crippen LogP contribution < -0.4 is 0 Å². The van der Waals surface area contributed by atoms with Crippen molar-refractivity contribution in [3.63, 3.8) is 0 Å². The van der Waals surface area contributed by atoms with Crippen LogP contribution in [0.4, 0.5) is 0 Å². The summed E-state index contributed by atoms with van der Waals surface area (Å²) in [6.07, 6.45) is 5.97. The molecular weight excluding hydrogens is 262 g/mol. The fraction of sp³-hybridized carbons (Fsp3) is 0.571. The zero-order valence-electron chi connectivity index (χ0n) is 10.8. The predicted molar refractivity (Wildman–Crippen MR) is 72.1 cm³/mol. The summed E-state index contributed by atoms with van der Waals surface area (Å²) < 4.78 is 10.8. The molecule has 0 aliphatic heterocycles. The van der Waals surface area contributed by atoms with Gasteiger partial charge in [-0.1, -0.05) is 12.8 Å². The van der Waals surface area contributed by atoms with Crippen LogP contribution in [0, 0.1) is 11.3 Å². The zero-order chi connectivity index (χ0) is 13.5. The van der Waals surface area contributed by atoms with E-state index in [1.807, 2.05) is 6.07 Å². The molecule has 5 heteroatoms. The van der Waals surface area contributed by atoms with Gasteiger partial charge < -0.3 is 9.47 Å². The fourth-order valence-electron chi connectivity index (χ4n) is 2.10. The molecule has 1 aromatic rings. The Morgan fingerprint density at radius 3 is 2.89 bits per heavy atom. The molecule has 2 rings (SSSR count). The van der Waals surface area contributed by atoms with E-state index >= 15 is 0 Å². The van der Waals surface area contributed by atoms with Crippen molar-refractivity contribution in [2.75, 3.05) is 13.2 Å². The molecule has 0 unspecified atom stereocenters. The molecule has 102 valence electrons. The van der Waals surface area contributed by atoms with E-state index < -0.39 is 0 Å². The molecule has 0 spiro atoms. The normalized spacial score (nSPS) is 15.3. The molecule has 0 atom stereocenters. The highest BCUT2D eigenvalue weighted by Crippen LogP contribution is 2.21. The maximum absolute atomic E-state index is 11.6.